The third kappa shape index (κ3) is 2.45. The second kappa shape index (κ2) is 5.54. The Hall–Kier alpha value is -1.40. The van der Waals surface area contributed by atoms with Crippen molar-refractivity contribution in [2.75, 3.05) is 20.2 Å². The SMILES string of the molecule is Cc1c(Cl)nc2ncnn2c1OCC1CCCCN1C. The monoisotopic (exact) mass is 295 g/mol. The van der Waals surface area contributed by atoms with Gasteiger partial charge in [0.05, 0.1) is 0 Å². The topological polar surface area (TPSA) is 55.6 Å². The van der Waals surface area contributed by atoms with Gasteiger partial charge in [-0.25, -0.2) is 0 Å². The van der Waals surface area contributed by atoms with Crippen LogP contribution in [0.5, 0.6) is 5.88 Å². The largest absolute Gasteiger partial charge is 0.476 e. The van der Waals surface area contributed by atoms with Crippen LogP contribution >= 0.6 is 11.6 Å². The molecule has 0 radical (unpaired) electrons. The highest BCUT2D eigenvalue weighted by molar-refractivity contribution is 6.30. The molecule has 6 nitrogen and oxygen atoms in total. The van der Waals surface area contributed by atoms with Crippen molar-refractivity contribution in [3.05, 3.63) is 17.0 Å². The first-order chi connectivity index (χ1) is 9.66. The smallest absolute Gasteiger partial charge is 0.256 e. The average molecular weight is 296 g/mol. The summed E-state index contributed by atoms with van der Waals surface area (Å²) < 4.78 is 7.59. The van der Waals surface area contributed by atoms with Crippen LogP contribution < -0.4 is 4.74 Å². The van der Waals surface area contributed by atoms with Crippen LogP contribution in [-0.2, 0) is 0 Å². The van der Waals surface area contributed by atoms with Gasteiger partial charge in [-0.2, -0.15) is 19.6 Å². The molecule has 3 heterocycles. The number of aromatic nitrogens is 4. The molecule has 20 heavy (non-hydrogen) atoms. The van der Waals surface area contributed by atoms with Gasteiger partial charge in [-0.3, -0.25) is 0 Å². The fourth-order valence-corrected chi connectivity index (χ4v) is 2.73. The highest BCUT2D eigenvalue weighted by Crippen LogP contribution is 2.25. The molecular weight excluding hydrogens is 278 g/mol. The van der Waals surface area contributed by atoms with E-state index in [0.717, 1.165) is 18.5 Å². The van der Waals surface area contributed by atoms with Gasteiger partial charge in [-0.1, -0.05) is 18.0 Å². The summed E-state index contributed by atoms with van der Waals surface area (Å²) >= 11 is 6.12. The summed E-state index contributed by atoms with van der Waals surface area (Å²) in [6, 6.07) is 0.439. The molecule has 0 amide bonds. The number of nitrogens with zero attached hydrogens (tertiary/aromatic N) is 5. The number of piperidine rings is 1. The molecule has 7 heteroatoms. The zero-order chi connectivity index (χ0) is 14.1. The molecule has 3 rings (SSSR count). The van der Waals surface area contributed by atoms with Crippen LogP contribution in [0.15, 0.2) is 6.33 Å². The van der Waals surface area contributed by atoms with E-state index in [1.165, 1.54) is 19.2 Å². The van der Waals surface area contributed by atoms with Crippen molar-refractivity contribution in [2.45, 2.75) is 32.2 Å². The minimum absolute atomic E-state index is 0.414. The second-order valence-corrected chi connectivity index (χ2v) is 5.60. The van der Waals surface area contributed by atoms with E-state index < -0.39 is 0 Å². The maximum Gasteiger partial charge on any atom is 0.256 e. The van der Waals surface area contributed by atoms with Crippen molar-refractivity contribution in [1.29, 1.82) is 0 Å². The second-order valence-electron chi connectivity index (χ2n) is 5.25. The predicted octanol–water partition coefficient (Wildman–Crippen LogP) is 1.95. The number of likely N-dealkylation sites (tertiary alicyclic amines) is 1. The molecule has 2 aromatic heterocycles. The van der Waals surface area contributed by atoms with Crippen LogP contribution in [0.3, 0.4) is 0 Å². The fourth-order valence-electron chi connectivity index (χ4n) is 2.57. The Morgan fingerprint density at radius 3 is 3.10 bits per heavy atom. The Kier molecular flexibility index (Phi) is 3.76. The molecule has 0 N–H and O–H groups in total. The number of likely N-dealkylation sites (N-methyl/N-ethyl adjacent to an activating group) is 1. The maximum atomic E-state index is 6.12. The number of fused-ring (bicyclic) bond motifs is 1. The quantitative estimate of drug-likeness (QED) is 0.810. The number of hydrogen-bond donors (Lipinski definition) is 0. The molecular formula is C13H18ClN5O. The Labute approximate surface area is 122 Å². The van der Waals surface area contributed by atoms with Crippen LogP contribution in [0.2, 0.25) is 5.15 Å². The van der Waals surface area contributed by atoms with E-state index in [-0.39, 0.29) is 0 Å². The molecule has 1 fully saturated rings. The molecule has 1 aliphatic heterocycles. The summed E-state index contributed by atoms with van der Waals surface area (Å²) in [6.07, 6.45) is 5.14. The molecule has 0 aliphatic carbocycles. The normalized spacial score (nSPS) is 20.4. The van der Waals surface area contributed by atoms with E-state index in [1.54, 1.807) is 4.52 Å². The molecule has 108 valence electrons. The van der Waals surface area contributed by atoms with Gasteiger partial charge in [0.2, 0.25) is 5.88 Å². The number of hydrogen-bond acceptors (Lipinski definition) is 5. The van der Waals surface area contributed by atoms with Crippen molar-refractivity contribution < 1.29 is 4.74 Å². The molecule has 0 spiro atoms. The van der Waals surface area contributed by atoms with Crippen molar-refractivity contribution >= 4 is 17.4 Å². The van der Waals surface area contributed by atoms with E-state index in [1.807, 2.05) is 6.92 Å². The van der Waals surface area contributed by atoms with Crippen molar-refractivity contribution in [2.24, 2.45) is 0 Å². The fraction of sp³-hybridized carbons (Fsp3) is 0.615. The van der Waals surface area contributed by atoms with Gasteiger partial charge in [-0.05, 0) is 33.4 Å². The van der Waals surface area contributed by atoms with Crippen LogP contribution in [0.1, 0.15) is 24.8 Å². The summed E-state index contributed by atoms with van der Waals surface area (Å²) in [5.74, 6) is 1.10. The lowest BCUT2D eigenvalue weighted by Crippen LogP contribution is -2.40. The first-order valence-electron chi connectivity index (χ1n) is 6.85. The van der Waals surface area contributed by atoms with Crippen LogP contribution in [0.25, 0.3) is 5.78 Å². The summed E-state index contributed by atoms with van der Waals surface area (Å²) in [7, 11) is 2.14. The molecule has 1 atom stereocenters. The minimum Gasteiger partial charge on any atom is -0.476 e. The molecule has 0 saturated carbocycles. The summed E-state index contributed by atoms with van der Waals surface area (Å²) in [6.45, 7) is 3.64. The van der Waals surface area contributed by atoms with Gasteiger partial charge in [-0.15, -0.1) is 0 Å². The third-order valence-electron chi connectivity index (χ3n) is 3.88. The van der Waals surface area contributed by atoms with Crippen molar-refractivity contribution in [1.82, 2.24) is 24.5 Å². The lowest BCUT2D eigenvalue weighted by Gasteiger charge is -2.32. The maximum absolute atomic E-state index is 6.12. The Bertz CT molecular complexity index is 614. The van der Waals surface area contributed by atoms with Crippen LogP contribution in [-0.4, -0.2) is 50.7 Å². The Morgan fingerprint density at radius 2 is 2.30 bits per heavy atom. The Morgan fingerprint density at radius 1 is 1.45 bits per heavy atom. The van der Waals surface area contributed by atoms with E-state index >= 15 is 0 Å². The lowest BCUT2D eigenvalue weighted by atomic mass is 10.0. The minimum atomic E-state index is 0.414. The zero-order valence-electron chi connectivity index (χ0n) is 11.7. The summed E-state index contributed by atoms with van der Waals surface area (Å²) in [5, 5.41) is 4.56. The first kappa shape index (κ1) is 13.6. The molecule has 1 unspecified atom stereocenters. The number of rotatable bonds is 3. The Balaban J connectivity index is 1.83. The molecule has 0 aromatic carbocycles. The molecule has 2 aromatic rings. The van der Waals surface area contributed by atoms with Crippen molar-refractivity contribution in [3.8, 4) is 5.88 Å². The molecule has 1 aliphatic rings. The van der Waals surface area contributed by atoms with Crippen LogP contribution in [0.4, 0.5) is 0 Å². The highest BCUT2D eigenvalue weighted by atomic mass is 35.5. The highest BCUT2D eigenvalue weighted by Gasteiger charge is 2.21. The first-order valence-corrected chi connectivity index (χ1v) is 7.23. The van der Waals surface area contributed by atoms with E-state index in [0.29, 0.717) is 29.5 Å². The van der Waals surface area contributed by atoms with Gasteiger partial charge in [0.15, 0.2) is 0 Å². The van der Waals surface area contributed by atoms with Gasteiger partial charge >= 0.3 is 0 Å². The number of halogens is 1. The summed E-state index contributed by atoms with van der Waals surface area (Å²) in [5.41, 5.74) is 0.795. The lowest BCUT2D eigenvalue weighted by molar-refractivity contribution is 0.120. The van der Waals surface area contributed by atoms with E-state index in [2.05, 4.69) is 27.0 Å². The van der Waals surface area contributed by atoms with E-state index in [9.17, 15) is 0 Å². The zero-order valence-corrected chi connectivity index (χ0v) is 12.5. The third-order valence-corrected chi connectivity index (χ3v) is 4.25. The number of ether oxygens (including phenoxy) is 1. The van der Waals surface area contributed by atoms with Crippen LogP contribution in [0, 0.1) is 6.92 Å². The van der Waals surface area contributed by atoms with Gasteiger partial charge in [0.25, 0.3) is 5.78 Å². The predicted molar refractivity (Wildman–Crippen MR) is 76.3 cm³/mol. The van der Waals surface area contributed by atoms with Gasteiger partial charge < -0.3 is 9.64 Å². The van der Waals surface area contributed by atoms with E-state index in [4.69, 9.17) is 16.3 Å². The summed E-state index contributed by atoms with van der Waals surface area (Å²) in [4.78, 5) is 10.6. The van der Waals surface area contributed by atoms with Gasteiger partial charge in [0, 0.05) is 11.6 Å². The standard InChI is InChI=1S/C13H18ClN5O/c1-9-11(14)17-13-15-8-16-19(13)12(9)20-7-10-5-3-4-6-18(10)2/h8,10H,3-7H2,1-2H3. The molecule has 0 bridgehead atoms. The van der Waals surface area contributed by atoms with Crippen molar-refractivity contribution in [3.63, 3.8) is 0 Å². The van der Waals surface area contributed by atoms with Gasteiger partial charge in [0.1, 0.15) is 18.1 Å². The average Bonchev–Trinajstić information content (AvgIpc) is 2.89. The molecule has 1 saturated heterocycles.